The number of amidine groups is 1. The SMILES string of the molecule is CCC1CCC(CNCCCCC(N)=NO)CC1. The highest BCUT2D eigenvalue weighted by atomic mass is 16.4. The summed E-state index contributed by atoms with van der Waals surface area (Å²) in [6, 6.07) is 0. The van der Waals surface area contributed by atoms with E-state index in [9.17, 15) is 0 Å². The highest BCUT2D eigenvalue weighted by Gasteiger charge is 2.19. The molecule has 1 aliphatic rings. The molecule has 0 radical (unpaired) electrons. The Morgan fingerprint density at radius 1 is 1.22 bits per heavy atom. The van der Waals surface area contributed by atoms with Crippen LogP contribution < -0.4 is 11.1 Å². The van der Waals surface area contributed by atoms with Crippen molar-refractivity contribution in [3.05, 3.63) is 0 Å². The summed E-state index contributed by atoms with van der Waals surface area (Å²) in [7, 11) is 0. The molecule has 0 bridgehead atoms. The van der Waals surface area contributed by atoms with E-state index in [0.717, 1.165) is 31.2 Å². The second-order valence-electron chi connectivity index (χ2n) is 5.55. The van der Waals surface area contributed by atoms with E-state index in [0.29, 0.717) is 12.3 Å². The number of hydrogen-bond acceptors (Lipinski definition) is 3. The van der Waals surface area contributed by atoms with Gasteiger partial charge in [-0.25, -0.2) is 0 Å². The van der Waals surface area contributed by atoms with Crippen molar-refractivity contribution in [2.45, 2.75) is 58.3 Å². The Hall–Kier alpha value is -0.770. The number of unbranched alkanes of at least 4 members (excludes halogenated alkanes) is 1. The fourth-order valence-corrected chi connectivity index (χ4v) is 2.76. The van der Waals surface area contributed by atoms with Crippen molar-refractivity contribution in [3.63, 3.8) is 0 Å². The van der Waals surface area contributed by atoms with Gasteiger partial charge in [0.1, 0.15) is 5.84 Å². The Balaban J connectivity index is 1.92. The summed E-state index contributed by atoms with van der Waals surface area (Å²) < 4.78 is 0. The van der Waals surface area contributed by atoms with Gasteiger partial charge in [0.2, 0.25) is 0 Å². The summed E-state index contributed by atoms with van der Waals surface area (Å²) >= 11 is 0. The van der Waals surface area contributed by atoms with E-state index in [1.807, 2.05) is 0 Å². The van der Waals surface area contributed by atoms with Gasteiger partial charge in [-0.3, -0.25) is 0 Å². The number of nitrogens with two attached hydrogens (primary N) is 1. The van der Waals surface area contributed by atoms with E-state index in [1.54, 1.807) is 0 Å². The van der Waals surface area contributed by atoms with E-state index in [2.05, 4.69) is 17.4 Å². The quantitative estimate of drug-likeness (QED) is 0.205. The van der Waals surface area contributed by atoms with Crippen molar-refractivity contribution in [1.82, 2.24) is 5.32 Å². The maximum atomic E-state index is 8.40. The molecule has 1 aliphatic carbocycles. The molecule has 1 fully saturated rings. The minimum atomic E-state index is 0.341. The first kappa shape index (κ1) is 15.3. The molecule has 0 aromatic heterocycles. The summed E-state index contributed by atoms with van der Waals surface area (Å²) in [6.45, 7) is 4.52. The minimum Gasteiger partial charge on any atom is -0.409 e. The standard InChI is InChI=1S/C14H29N3O/c1-2-12-6-8-13(9-7-12)11-16-10-4-3-5-14(15)17-18/h12-13,16,18H,2-11H2,1H3,(H2,15,17). The molecule has 0 heterocycles. The molecule has 0 spiro atoms. The number of rotatable bonds is 8. The number of nitrogens with one attached hydrogen (secondary N) is 1. The lowest BCUT2D eigenvalue weighted by Gasteiger charge is -2.27. The average molecular weight is 255 g/mol. The van der Waals surface area contributed by atoms with Crippen LogP contribution in [-0.2, 0) is 0 Å². The van der Waals surface area contributed by atoms with Crippen LogP contribution in [0.15, 0.2) is 5.16 Å². The molecule has 0 saturated heterocycles. The van der Waals surface area contributed by atoms with Gasteiger partial charge in [0.15, 0.2) is 0 Å². The fourth-order valence-electron chi connectivity index (χ4n) is 2.76. The molecule has 0 aliphatic heterocycles. The van der Waals surface area contributed by atoms with Crippen molar-refractivity contribution in [2.75, 3.05) is 13.1 Å². The lowest BCUT2D eigenvalue weighted by atomic mass is 9.81. The van der Waals surface area contributed by atoms with E-state index < -0.39 is 0 Å². The molecule has 0 aromatic carbocycles. The zero-order valence-electron chi connectivity index (χ0n) is 11.7. The van der Waals surface area contributed by atoms with Crippen molar-refractivity contribution < 1.29 is 5.21 Å². The fraction of sp³-hybridized carbons (Fsp3) is 0.929. The predicted molar refractivity (Wildman–Crippen MR) is 75.9 cm³/mol. The van der Waals surface area contributed by atoms with Gasteiger partial charge in [-0.05, 0) is 50.6 Å². The van der Waals surface area contributed by atoms with Gasteiger partial charge < -0.3 is 16.3 Å². The number of oxime groups is 1. The minimum absolute atomic E-state index is 0.341. The third-order valence-electron chi connectivity index (χ3n) is 4.14. The van der Waals surface area contributed by atoms with Gasteiger partial charge in [0.05, 0.1) is 0 Å². The van der Waals surface area contributed by atoms with Crippen LogP contribution in [0.25, 0.3) is 0 Å². The number of nitrogens with zero attached hydrogens (tertiary/aromatic N) is 1. The molecule has 4 N–H and O–H groups in total. The first-order valence-electron chi connectivity index (χ1n) is 7.43. The van der Waals surface area contributed by atoms with Gasteiger partial charge in [0.25, 0.3) is 0 Å². The first-order valence-corrected chi connectivity index (χ1v) is 7.43. The molecule has 4 nitrogen and oxygen atoms in total. The Morgan fingerprint density at radius 2 is 1.89 bits per heavy atom. The van der Waals surface area contributed by atoms with Crippen LogP contribution in [0.4, 0.5) is 0 Å². The van der Waals surface area contributed by atoms with Gasteiger partial charge in [0, 0.05) is 6.42 Å². The molecule has 0 unspecified atom stereocenters. The van der Waals surface area contributed by atoms with Crippen molar-refractivity contribution in [1.29, 1.82) is 0 Å². The lowest BCUT2D eigenvalue weighted by molar-refractivity contribution is 0.262. The van der Waals surface area contributed by atoms with Crippen LogP contribution in [-0.4, -0.2) is 24.1 Å². The second kappa shape index (κ2) is 9.20. The van der Waals surface area contributed by atoms with Crippen LogP contribution >= 0.6 is 0 Å². The second-order valence-corrected chi connectivity index (χ2v) is 5.55. The highest BCUT2D eigenvalue weighted by molar-refractivity contribution is 5.79. The summed E-state index contributed by atoms with van der Waals surface area (Å²) in [5.74, 6) is 2.21. The van der Waals surface area contributed by atoms with Crippen LogP contribution in [0.1, 0.15) is 58.3 Å². The molecule has 106 valence electrons. The van der Waals surface area contributed by atoms with Gasteiger partial charge in [-0.2, -0.15) is 0 Å². The van der Waals surface area contributed by atoms with Crippen LogP contribution in [0.3, 0.4) is 0 Å². The molecular weight excluding hydrogens is 226 g/mol. The van der Waals surface area contributed by atoms with Crippen molar-refractivity contribution >= 4 is 5.84 Å². The number of hydrogen-bond donors (Lipinski definition) is 3. The molecule has 4 heteroatoms. The molecular formula is C14H29N3O. The van der Waals surface area contributed by atoms with E-state index in [-0.39, 0.29) is 0 Å². The lowest BCUT2D eigenvalue weighted by Crippen LogP contribution is -2.27. The normalized spacial score (nSPS) is 25.3. The zero-order valence-corrected chi connectivity index (χ0v) is 11.7. The Labute approximate surface area is 111 Å². The predicted octanol–water partition coefficient (Wildman–Crippen LogP) is 2.71. The highest BCUT2D eigenvalue weighted by Crippen LogP contribution is 2.29. The molecule has 0 amide bonds. The molecule has 1 rings (SSSR count). The Kier molecular flexibility index (Phi) is 7.81. The zero-order chi connectivity index (χ0) is 13.2. The Morgan fingerprint density at radius 3 is 2.50 bits per heavy atom. The third kappa shape index (κ3) is 6.24. The third-order valence-corrected chi connectivity index (χ3v) is 4.14. The van der Waals surface area contributed by atoms with Crippen LogP contribution in [0.2, 0.25) is 0 Å². The molecule has 18 heavy (non-hydrogen) atoms. The van der Waals surface area contributed by atoms with Gasteiger partial charge >= 0.3 is 0 Å². The van der Waals surface area contributed by atoms with E-state index in [4.69, 9.17) is 10.9 Å². The maximum Gasteiger partial charge on any atom is 0.139 e. The Bertz CT molecular complexity index is 235. The van der Waals surface area contributed by atoms with Crippen molar-refractivity contribution in [3.8, 4) is 0 Å². The maximum absolute atomic E-state index is 8.40. The monoisotopic (exact) mass is 255 g/mol. The summed E-state index contributed by atoms with van der Waals surface area (Å²) in [6.07, 6.45) is 9.78. The van der Waals surface area contributed by atoms with Gasteiger partial charge in [-0.15, -0.1) is 0 Å². The first-order chi connectivity index (χ1) is 8.76. The summed E-state index contributed by atoms with van der Waals surface area (Å²) in [4.78, 5) is 0. The van der Waals surface area contributed by atoms with Crippen LogP contribution in [0.5, 0.6) is 0 Å². The smallest absolute Gasteiger partial charge is 0.139 e. The largest absolute Gasteiger partial charge is 0.409 e. The topological polar surface area (TPSA) is 70.6 Å². The molecule has 0 aromatic rings. The van der Waals surface area contributed by atoms with Gasteiger partial charge in [-0.1, -0.05) is 31.3 Å². The summed E-state index contributed by atoms with van der Waals surface area (Å²) in [5, 5.41) is 14.9. The van der Waals surface area contributed by atoms with E-state index in [1.165, 1.54) is 38.6 Å². The summed E-state index contributed by atoms with van der Waals surface area (Å²) in [5.41, 5.74) is 5.41. The van der Waals surface area contributed by atoms with Crippen molar-refractivity contribution in [2.24, 2.45) is 22.7 Å². The molecule has 0 atom stereocenters. The van der Waals surface area contributed by atoms with Crippen LogP contribution in [0, 0.1) is 11.8 Å². The average Bonchev–Trinajstić information content (AvgIpc) is 2.43. The van der Waals surface area contributed by atoms with E-state index >= 15 is 0 Å². The molecule has 1 saturated carbocycles.